The van der Waals surface area contributed by atoms with E-state index >= 15 is 0 Å². The van der Waals surface area contributed by atoms with Crippen LogP contribution in [0.1, 0.15) is 15.9 Å². The number of esters is 1. The fourth-order valence-corrected chi connectivity index (χ4v) is 3.18. The topological polar surface area (TPSA) is 64.6 Å². The maximum absolute atomic E-state index is 12.4. The molecule has 0 spiro atoms. The third-order valence-electron chi connectivity index (χ3n) is 4.73. The van der Waals surface area contributed by atoms with Crippen molar-refractivity contribution in [2.24, 2.45) is 0 Å². The van der Waals surface area contributed by atoms with Crippen molar-refractivity contribution in [2.75, 3.05) is 11.9 Å². The van der Waals surface area contributed by atoms with Gasteiger partial charge in [-0.05, 0) is 46.7 Å². The zero-order valence-electron chi connectivity index (χ0n) is 16.8. The number of anilines is 1. The lowest BCUT2D eigenvalue weighted by atomic mass is 10.1. The van der Waals surface area contributed by atoms with Crippen molar-refractivity contribution in [3.05, 3.63) is 108 Å². The van der Waals surface area contributed by atoms with Gasteiger partial charge in [-0.3, -0.25) is 4.79 Å². The number of nitrogens with one attached hydrogen (secondary N) is 1. The van der Waals surface area contributed by atoms with Gasteiger partial charge in [0.25, 0.3) is 5.91 Å². The van der Waals surface area contributed by atoms with Crippen molar-refractivity contribution in [2.45, 2.75) is 6.61 Å². The molecule has 0 aliphatic heterocycles. The molecule has 0 fully saturated rings. The fourth-order valence-electron chi connectivity index (χ4n) is 3.18. The molecule has 0 aromatic heterocycles. The molecule has 4 aromatic rings. The van der Waals surface area contributed by atoms with Gasteiger partial charge in [0.15, 0.2) is 6.61 Å². The molecule has 1 N–H and O–H groups in total. The van der Waals surface area contributed by atoms with Gasteiger partial charge in [0.2, 0.25) is 0 Å². The molecule has 5 nitrogen and oxygen atoms in total. The monoisotopic (exact) mass is 411 g/mol. The van der Waals surface area contributed by atoms with Crippen molar-refractivity contribution in [3.63, 3.8) is 0 Å². The van der Waals surface area contributed by atoms with Crippen LogP contribution in [0.5, 0.6) is 5.75 Å². The van der Waals surface area contributed by atoms with E-state index in [0.29, 0.717) is 23.6 Å². The number of fused-ring (bicyclic) bond motifs is 1. The summed E-state index contributed by atoms with van der Waals surface area (Å²) in [7, 11) is 0. The number of carbonyl (C=O) groups excluding carboxylic acids is 2. The first kappa shape index (κ1) is 20.2. The van der Waals surface area contributed by atoms with Crippen LogP contribution in [0.2, 0.25) is 0 Å². The number of ether oxygens (including phenoxy) is 2. The Hall–Kier alpha value is -4.12. The van der Waals surface area contributed by atoms with Crippen molar-refractivity contribution in [3.8, 4) is 5.75 Å². The summed E-state index contributed by atoms with van der Waals surface area (Å²) in [5.41, 5.74) is 2.11. The average molecular weight is 411 g/mol. The summed E-state index contributed by atoms with van der Waals surface area (Å²) in [5, 5.41) is 4.45. The van der Waals surface area contributed by atoms with Crippen LogP contribution in [0.3, 0.4) is 0 Å². The SMILES string of the molecule is O=C(COC(=O)c1cccc2ccccc12)Nc1ccc(OCc2ccccc2)cc1. The standard InChI is InChI=1S/C26H21NO4/c28-25(18-31-26(29)24-12-6-10-20-9-4-5-11-23(20)24)27-21-13-15-22(16-14-21)30-17-19-7-2-1-3-8-19/h1-16H,17-18H2,(H,27,28). The first-order valence-electron chi connectivity index (χ1n) is 9.90. The normalized spacial score (nSPS) is 10.5. The van der Waals surface area contributed by atoms with Gasteiger partial charge in [0.1, 0.15) is 12.4 Å². The van der Waals surface area contributed by atoms with E-state index in [0.717, 1.165) is 16.3 Å². The first-order chi connectivity index (χ1) is 15.2. The minimum Gasteiger partial charge on any atom is -0.489 e. The van der Waals surface area contributed by atoms with E-state index in [1.807, 2.05) is 60.7 Å². The minimum atomic E-state index is -0.531. The number of hydrogen-bond donors (Lipinski definition) is 1. The van der Waals surface area contributed by atoms with Crippen LogP contribution in [-0.2, 0) is 16.1 Å². The lowest BCUT2D eigenvalue weighted by Crippen LogP contribution is -2.21. The molecular weight excluding hydrogens is 390 g/mol. The van der Waals surface area contributed by atoms with Crippen molar-refractivity contribution in [1.82, 2.24) is 0 Å². The molecule has 4 rings (SSSR count). The van der Waals surface area contributed by atoms with E-state index in [1.54, 1.807) is 36.4 Å². The predicted octanol–water partition coefficient (Wildman–Crippen LogP) is 5.21. The number of rotatable bonds is 7. The smallest absolute Gasteiger partial charge is 0.339 e. The Balaban J connectivity index is 1.29. The Morgan fingerprint density at radius 2 is 1.45 bits per heavy atom. The van der Waals surface area contributed by atoms with Crippen molar-refractivity contribution < 1.29 is 19.1 Å². The Kier molecular flexibility index (Phi) is 6.24. The molecule has 0 unspecified atom stereocenters. The molecule has 1 amide bonds. The molecule has 0 saturated heterocycles. The molecule has 0 aliphatic carbocycles. The second-order valence-electron chi connectivity index (χ2n) is 6.95. The third-order valence-corrected chi connectivity index (χ3v) is 4.73. The second-order valence-corrected chi connectivity index (χ2v) is 6.95. The van der Waals surface area contributed by atoms with E-state index in [4.69, 9.17) is 9.47 Å². The first-order valence-corrected chi connectivity index (χ1v) is 9.90. The number of benzene rings is 4. The minimum absolute atomic E-state index is 0.367. The highest BCUT2D eigenvalue weighted by atomic mass is 16.5. The summed E-state index contributed by atoms with van der Waals surface area (Å²) in [6.45, 7) is 0.102. The number of hydrogen-bond acceptors (Lipinski definition) is 4. The molecule has 5 heteroatoms. The molecule has 0 atom stereocenters. The molecule has 0 heterocycles. The second kappa shape index (κ2) is 9.59. The Bertz CT molecular complexity index is 1180. The van der Waals surface area contributed by atoms with Crippen LogP contribution < -0.4 is 10.1 Å². The molecule has 31 heavy (non-hydrogen) atoms. The highest BCUT2D eigenvalue weighted by molar-refractivity contribution is 6.05. The summed E-state index contributed by atoms with van der Waals surface area (Å²) in [6.07, 6.45) is 0. The highest BCUT2D eigenvalue weighted by Gasteiger charge is 2.13. The highest BCUT2D eigenvalue weighted by Crippen LogP contribution is 2.20. The van der Waals surface area contributed by atoms with Crippen LogP contribution in [-0.4, -0.2) is 18.5 Å². The van der Waals surface area contributed by atoms with Gasteiger partial charge < -0.3 is 14.8 Å². The molecule has 0 radical (unpaired) electrons. The molecule has 0 bridgehead atoms. The maximum Gasteiger partial charge on any atom is 0.339 e. The number of amides is 1. The molecule has 0 saturated carbocycles. The maximum atomic E-state index is 12.4. The Morgan fingerprint density at radius 1 is 0.742 bits per heavy atom. The van der Waals surface area contributed by atoms with Crippen LogP contribution >= 0.6 is 0 Å². The molecular formula is C26H21NO4. The third kappa shape index (κ3) is 5.28. The van der Waals surface area contributed by atoms with Crippen LogP contribution in [0.25, 0.3) is 10.8 Å². The molecule has 0 aliphatic rings. The lowest BCUT2D eigenvalue weighted by molar-refractivity contribution is -0.119. The largest absolute Gasteiger partial charge is 0.489 e. The summed E-state index contributed by atoms with van der Waals surface area (Å²) in [6, 6.07) is 29.9. The van der Waals surface area contributed by atoms with Gasteiger partial charge in [-0.1, -0.05) is 66.7 Å². The van der Waals surface area contributed by atoms with E-state index in [2.05, 4.69) is 5.32 Å². The van der Waals surface area contributed by atoms with E-state index in [9.17, 15) is 9.59 Å². The van der Waals surface area contributed by atoms with Crippen LogP contribution in [0.4, 0.5) is 5.69 Å². The summed E-state index contributed by atoms with van der Waals surface area (Å²) in [4.78, 5) is 24.6. The zero-order chi connectivity index (χ0) is 21.5. The van der Waals surface area contributed by atoms with Crippen molar-refractivity contribution in [1.29, 1.82) is 0 Å². The molecule has 154 valence electrons. The van der Waals surface area contributed by atoms with E-state index < -0.39 is 11.9 Å². The van der Waals surface area contributed by atoms with E-state index in [-0.39, 0.29) is 6.61 Å². The predicted molar refractivity (Wildman–Crippen MR) is 120 cm³/mol. The van der Waals surface area contributed by atoms with E-state index in [1.165, 1.54) is 0 Å². The number of carbonyl (C=O) groups is 2. The zero-order valence-corrected chi connectivity index (χ0v) is 16.8. The van der Waals surface area contributed by atoms with Gasteiger partial charge in [0.05, 0.1) is 5.56 Å². The fraction of sp³-hybridized carbons (Fsp3) is 0.0769. The Morgan fingerprint density at radius 3 is 2.26 bits per heavy atom. The van der Waals surface area contributed by atoms with Gasteiger partial charge >= 0.3 is 5.97 Å². The molecule has 4 aromatic carbocycles. The quantitative estimate of drug-likeness (QED) is 0.424. The summed E-state index contributed by atoms with van der Waals surface area (Å²) >= 11 is 0. The van der Waals surface area contributed by atoms with Gasteiger partial charge in [-0.25, -0.2) is 4.79 Å². The van der Waals surface area contributed by atoms with Crippen molar-refractivity contribution >= 4 is 28.3 Å². The Labute approximate surface area is 180 Å². The lowest BCUT2D eigenvalue weighted by Gasteiger charge is -2.10. The van der Waals surface area contributed by atoms with Crippen LogP contribution in [0, 0.1) is 0 Å². The summed E-state index contributed by atoms with van der Waals surface area (Å²) < 4.78 is 10.9. The van der Waals surface area contributed by atoms with Gasteiger partial charge in [-0.2, -0.15) is 0 Å². The summed E-state index contributed by atoms with van der Waals surface area (Å²) in [5.74, 6) is -0.243. The van der Waals surface area contributed by atoms with Crippen LogP contribution in [0.15, 0.2) is 97.1 Å². The van der Waals surface area contributed by atoms with Gasteiger partial charge in [-0.15, -0.1) is 0 Å². The average Bonchev–Trinajstić information content (AvgIpc) is 2.82. The van der Waals surface area contributed by atoms with Gasteiger partial charge in [0, 0.05) is 5.69 Å².